The number of hydrogen-bond donors (Lipinski definition) is 0. The molecule has 6 rings (SSSR count). The van der Waals surface area contributed by atoms with Crippen molar-refractivity contribution < 1.29 is 23.6 Å². The number of carbonyl (C=O) groups excluding carboxylic acids is 1. The average Bonchev–Trinajstić information content (AvgIpc) is 3.43. The number of rotatable bonds is 7. The van der Waals surface area contributed by atoms with Crippen LogP contribution in [0.2, 0.25) is 10.0 Å². The van der Waals surface area contributed by atoms with Gasteiger partial charge in [-0.25, -0.2) is 4.98 Å². The van der Waals surface area contributed by atoms with Crippen molar-refractivity contribution >= 4 is 62.9 Å². The number of hydrogen-bond acceptors (Lipinski definition) is 9. The number of amides is 1. The number of para-hydroxylation sites is 1. The van der Waals surface area contributed by atoms with Crippen molar-refractivity contribution in [2.75, 3.05) is 32.9 Å². The van der Waals surface area contributed by atoms with Gasteiger partial charge in [-0.3, -0.25) is 19.7 Å². The molecule has 1 aliphatic heterocycles. The Labute approximate surface area is 252 Å². The van der Waals surface area contributed by atoms with Crippen LogP contribution < -0.4 is 10.3 Å². The predicted octanol–water partition coefficient (Wildman–Crippen LogP) is 5.14. The van der Waals surface area contributed by atoms with E-state index in [1.807, 2.05) is 0 Å². The van der Waals surface area contributed by atoms with E-state index in [-0.39, 0.29) is 39.2 Å². The Bertz CT molecular complexity index is 1980. The van der Waals surface area contributed by atoms with Crippen LogP contribution in [0.3, 0.4) is 0 Å². The van der Waals surface area contributed by atoms with E-state index in [9.17, 15) is 19.7 Å². The lowest BCUT2D eigenvalue weighted by atomic mass is 10.2. The SMILES string of the molecule is O=C(COc1c(C=Nn2c(-c3cc4cc(Cl)ccc4o3)nc3ccccc3c2=O)cc(Cl)cc1[N+](=O)[O-])N1CCOCC1. The molecule has 0 bridgehead atoms. The summed E-state index contributed by atoms with van der Waals surface area (Å²) in [5.74, 6) is -0.283. The van der Waals surface area contributed by atoms with Crippen LogP contribution in [0.1, 0.15) is 5.56 Å². The van der Waals surface area contributed by atoms with E-state index in [2.05, 4.69) is 10.1 Å². The Morgan fingerprint density at radius 2 is 1.88 bits per heavy atom. The van der Waals surface area contributed by atoms with E-state index in [1.54, 1.807) is 53.4 Å². The van der Waals surface area contributed by atoms with Gasteiger partial charge in [0, 0.05) is 40.2 Å². The van der Waals surface area contributed by atoms with Crippen LogP contribution in [0.25, 0.3) is 33.5 Å². The second-order valence-corrected chi connectivity index (χ2v) is 10.4. The van der Waals surface area contributed by atoms with Crippen molar-refractivity contribution in [3.8, 4) is 17.3 Å². The highest BCUT2D eigenvalue weighted by atomic mass is 35.5. The van der Waals surface area contributed by atoms with Crippen molar-refractivity contribution in [2.24, 2.45) is 5.10 Å². The van der Waals surface area contributed by atoms with E-state index in [0.29, 0.717) is 47.8 Å². The Kier molecular flexibility index (Phi) is 7.80. The molecule has 0 unspecified atom stereocenters. The monoisotopic (exact) mass is 621 g/mol. The molecule has 0 radical (unpaired) electrons. The van der Waals surface area contributed by atoms with Gasteiger partial charge < -0.3 is 18.8 Å². The summed E-state index contributed by atoms with van der Waals surface area (Å²) in [5.41, 5.74) is 0.00945. The summed E-state index contributed by atoms with van der Waals surface area (Å²) in [6.45, 7) is 1.08. The van der Waals surface area contributed by atoms with Crippen LogP contribution in [-0.2, 0) is 9.53 Å². The third kappa shape index (κ3) is 5.80. The molecule has 43 heavy (non-hydrogen) atoms. The largest absolute Gasteiger partial charge is 0.476 e. The van der Waals surface area contributed by atoms with Crippen molar-refractivity contribution in [1.29, 1.82) is 0 Å². The molecule has 0 saturated carbocycles. The topological polar surface area (TPSA) is 142 Å². The fourth-order valence-corrected chi connectivity index (χ4v) is 5.06. The van der Waals surface area contributed by atoms with E-state index in [4.69, 9.17) is 37.1 Å². The van der Waals surface area contributed by atoms with Gasteiger partial charge in [0.2, 0.25) is 11.6 Å². The molecule has 12 nitrogen and oxygen atoms in total. The summed E-state index contributed by atoms with van der Waals surface area (Å²) in [5, 5.41) is 17.8. The lowest BCUT2D eigenvalue weighted by molar-refractivity contribution is -0.385. The number of fused-ring (bicyclic) bond motifs is 2. The zero-order chi connectivity index (χ0) is 30.1. The Balaban J connectivity index is 1.45. The first-order chi connectivity index (χ1) is 20.8. The summed E-state index contributed by atoms with van der Waals surface area (Å²) in [6.07, 6.45) is 1.19. The number of carbonyl (C=O) groups is 1. The first-order valence-electron chi connectivity index (χ1n) is 13.0. The lowest BCUT2D eigenvalue weighted by Crippen LogP contribution is -2.43. The number of benzene rings is 3. The van der Waals surface area contributed by atoms with Crippen molar-refractivity contribution in [2.45, 2.75) is 0 Å². The van der Waals surface area contributed by atoms with E-state index < -0.39 is 22.8 Å². The molecular weight excluding hydrogens is 601 g/mol. The summed E-state index contributed by atoms with van der Waals surface area (Å²) in [7, 11) is 0. The molecule has 1 amide bonds. The minimum Gasteiger partial charge on any atom is -0.476 e. The van der Waals surface area contributed by atoms with Crippen LogP contribution >= 0.6 is 23.2 Å². The van der Waals surface area contributed by atoms with Gasteiger partial charge >= 0.3 is 5.69 Å². The average molecular weight is 622 g/mol. The molecule has 3 heterocycles. The van der Waals surface area contributed by atoms with Gasteiger partial charge in [0.05, 0.1) is 35.3 Å². The highest BCUT2D eigenvalue weighted by Crippen LogP contribution is 2.34. The Hall–Kier alpha value is -4.78. The molecule has 1 saturated heterocycles. The third-order valence-corrected chi connectivity index (χ3v) is 7.18. The zero-order valence-corrected chi connectivity index (χ0v) is 23.7. The molecule has 0 N–H and O–H groups in total. The van der Waals surface area contributed by atoms with E-state index >= 15 is 0 Å². The summed E-state index contributed by atoms with van der Waals surface area (Å²) >= 11 is 12.4. The van der Waals surface area contributed by atoms with Crippen molar-refractivity contribution in [1.82, 2.24) is 14.6 Å². The standard InChI is InChI=1S/C29H21Cl2N5O7/c30-19-5-6-24-17(11-19)13-25(43-24)28-33-22-4-2-1-3-21(22)29(38)35(28)32-15-18-12-20(31)14-23(36(39)40)27(18)42-16-26(37)34-7-9-41-10-8-34/h1-6,11-15H,7-10,16H2. The highest BCUT2D eigenvalue weighted by Gasteiger charge is 2.24. The molecule has 1 fully saturated rings. The van der Waals surface area contributed by atoms with Crippen LogP contribution in [0.5, 0.6) is 5.75 Å². The Morgan fingerprint density at radius 1 is 1.09 bits per heavy atom. The summed E-state index contributed by atoms with van der Waals surface area (Å²) in [6, 6.07) is 16.0. The molecule has 0 spiro atoms. The summed E-state index contributed by atoms with van der Waals surface area (Å²) < 4.78 is 18.0. The number of aromatic nitrogens is 2. The zero-order valence-electron chi connectivity index (χ0n) is 22.2. The number of halogens is 2. The fourth-order valence-electron chi connectivity index (χ4n) is 4.66. The lowest BCUT2D eigenvalue weighted by Gasteiger charge is -2.26. The number of nitrogens with zero attached hydrogens (tertiary/aromatic N) is 5. The van der Waals surface area contributed by atoms with Gasteiger partial charge in [-0.05, 0) is 42.5 Å². The molecule has 5 aromatic rings. The van der Waals surface area contributed by atoms with Gasteiger partial charge in [0.1, 0.15) is 5.58 Å². The van der Waals surface area contributed by atoms with Crippen LogP contribution in [0, 0.1) is 10.1 Å². The maximum absolute atomic E-state index is 13.7. The molecular formula is C29H21Cl2N5O7. The number of furan rings is 1. The van der Waals surface area contributed by atoms with Crippen LogP contribution in [0.15, 0.2) is 75.0 Å². The second kappa shape index (κ2) is 11.8. The van der Waals surface area contributed by atoms with Gasteiger partial charge in [0.25, 0.3) is 11.5 Å². The fraction of sp³-hybridized carbons (Fsp3) is 0.172. The summed E-state index contributed by atoms with van der Waals surface area (Å²) in [4.78, 5) is 43.8. The van der Waals surface area contributed by atoms with Gasteiger partial charge in [-0.1, -0.05) is 35.3 Å². The first-order valence-corrected chi connectivity index (χ1v) is 13.8. The first kappa shape index (κ1) is 28.3. The van der Waals surface area contributed by atoms with E-state index in [0.717, 1.165) is 10.7 Å². The van der Waals surface area contributed by atoms with Crippen LogP contribution in [0.4, 0.5) is 5.69 Å². The van der Waals surface area contributed by atoms with Crippen molar-refractivity contribution in [3.63, 3.8) is 0 Å². The van der Waals surface area contributed by atoms with E-state index in [1.165, 1.54) is 12.3 Å². The molecule has 14 heteroatoms. The number of morpholine rings is 1. The van der Waals surface area contributed by atoms with Crippen LogP contribution in [-0.4, -0.2) is 64.5 Å². The molecule has 218 valence electrons. The molecule has 2 aromatic heterocycles. The molecule has 1 aliphatic rings. The number of nitro benzene ring substituents is 1. The number of ether oxygens (including phenoxy) is 2. The predicted molar refractivity (Wildman–Crippen MR) is 160 cm³/mol. The van der Waals surface area contributed by atoms with Crippen molar-refractivity contribution in [3.05, 3.63) is 96.7 Å². The molecule has 0 aliphatic carbocycles. The minimum absolute atomic E-state index is 0.0263. The normalized spacial score (nSPS) is 13.7. The number of nitro groups is 1. The Morgan fingerprint density at radius 3 is 2.67 bits per heavy atom. The highest BCUT2D eigenvalue weighted by molar-refractivity contribution is 6.31. The van der Waals surface area contributed by atoms with Gasteiger partial charge in [0.15, 0.2) is 12.4 Å². The third-order valence-electron chi connectivity index (χ3n) is 6.73. The smallest absolute Gasteiger partial charge is 0.313 e. The molecule has 3 aromatic carbocycles. The maximum atomic E-state index is 13.7. The molecule has 0 atom stereocenters. The van der Waals surface area contributed by atoms with Gasteiger partial charge in [-0.15, -0.1) is 0 Å². The minimum atomic E-state index is -0.674. The quantitative estimate of drug-likeness (QED) is 0.138. The van der Waals surface area contributed by atoms with Gasteiger partial charge in [-0.2, -0.15) is 9.78 Å². The maximum Gasteiger partial charge on any atom is 0.313 e. The second-order valence-electron chi connectivity index (χ2n) is 9.49.